The van der Waals surface area contributed by atoms with Gasteiger partial charge in [-0.3, -0.25) is 0 Å². The molecule has 1 saturated carbocycles. The van der Waals surface area contributed by atoms with Crippen LogP contribution in [0.3, 0.4) is 0 Å². The number of benzene rings is 1. The third-order valence-corrected chi connectivity index (χ3v) is 8.43. The first-order chi connectivity index (χ1) is 20.1. The van der Waals surface area contributed by atoms with Crippen molar-refractivity contribution in [3.8, 4) is 23.2 Å². The fourth-order valence-corrected chi connectivity index (χ4v) is 5.69. The van der Waals surface area contributed by atoms with Crippen LogP contribution in [0.15, 0.2) is 36.7 Å². The summed E-state index contributed by atoms with van der Waals surface area (Å²) in [6.07, 6.45) is 23.6. The minimum absolute atomic E-state index is 0.120. The molecule has 0 N–H and O–H groups in total. The summed E-state index contributed by atoms with van der Waals surface area (Å²) in [4.78, 5) is 21.7. The van der Waals surface area contributed by atoms with E-state index in [9.17, 15) is 10.1 Å². The van der Waals surface area contributed by atoms with Crippen LogP contribution in [-0.4, -0.2) is 28.6 Å². The maximum atomic E-state index is 12.8. The Bertz CT molecular complexity index is 1040. The van der Waals surface area contributed by atoms with Crippen LogP contribution in [0.5, 0.6) is 5.75 Å². The summed E-state index contributed by atoms with van der Waals surface area (Å²) < 4.78 is 11.6. The van der Waals surface area contributed by atoms with Crippen molar-refractivity contribution in [2.45, 2.75) is 136 Å². The van der Waals surface area contributed by atoms with Gasteiger partial charge >= 0.3 is 5.97 Å². The third kappa shape index (κ3) is 11.5. The van der Waals surface area contributed by atoms with Gasteiger partial charge in [-0.25, -0.2) is 14.8 Å². The van der Waals surface area contributed by atoms with Crippen molar-refractivity contribution in [2.24, 2.45) is 5.41 Å². The van der Waals surface area contributed by atoms with E-state index < -0.39 is 0 Å². The number of carbonyl (C=O) groups excluding carboxylic acids is 1. The van der Waals surface area contributed by atoms with Crippen LogP contribution in [0.1, 0.15) is 140 Å². The Balaban J connectivity index is 1.37. The van der Waals surface area contributed by atoms with Gasteiger partial charge in [0.1, 0.15) is 6.10 Å². The number of hydrogen-bond donors (Lipinski definition) is 0. The molecule has 6 nitrogen and oxygen atoms in total. The lowest BCUT2D eigenvalue weighted by Crippen LogP contribution is -2.31. The zero-order valence-corrected chi connectivity index (χ0v) is 25.5. The molecular weight excluding hydrogens is 510 g/mol. The topological polar surface area (TPSA) is 85.1 Å². The molecule has 0 amide bonds. The summed E-state index contributed by atoms with van der Waals surface area (Å²) >= 11 is 0. The van der Waals surface area contributed by atoms with E-state index in [1.807, 2.05) is 12.1 Å². The highest BCUT2D eigenvalue weighted by atomic mass is 16.5. The molecule has 1 aliphatic carbocycles. The maximum Gasteiger partial charge on any atom is 0.338 e. The first-order valence-corrected chi connectivity index (χ1v) is 16.3. The zero-order chi connectivity index (χ0) is 29.2. The van der Waals surface area contributed by atoms with Gasteiger partial charge in [0.15, 0.2) is 11.6 Å². The minimum Gasteiger partial charge on any atom is -0.490 e. The van der Waals surface area contributed by atoms with Gasteiger partial charge in [-0.15, -0.1) is 0 Å². The van der Waals surface area contributed by atoms with Crippen LogP contribution < -0.4 is 4.74 Å². The molecule has 0 atom stereocenters. The van der Waals surface area contributed by atoms with Gasteiger partial charge < -0.3 is 9.47 Å². The number of rotatable bonds is 19. The molecule has 1 aliphatic rings. The molecule has 1 fully saturated rings. The molecule has 41 heavy (non-hydrogen) atoms. The lowest BCUT2D eigenvalue weighted by molar-refractivity contribution is 0.0105. The molecule has 0 spiro atoms. The molecule has 0 saturated heterocycles. The van der Waals surface area contributed by atoms with Gasteiger partial charge in [0.05, 0.1) is 36.0 Å². The molecule has 0 bridgehead atoms. The Morgan fingerprint density at radius 2 is 1.41 bits per heavy atom. The van der Waals surface area contributed by atoms with Gasteiger partial charge in [0.25, 0.3) is 0 Å². The maximum absolute atomic E-state index is 12.8. The lowest BCUT2D eigenvalue weighted by atomic mass is 9.71. The number of nitriles is 1. The van der Waals surface area contributed by atoms with Crippen molar-refractivity contribution in [2.75, 3.05) is 6.61 Å². The SMILES string of the molecule is CCCCCCCCCCOc1cnc(-c2ccc(C(=O)OC3CCC(C#N)(CCCCCCC)CC3)cc2)nc1. The van der Waals surface area contributed by atoms with E-state index in [4.69, 9.17) is 9.47 Å². The van der Waals surface area contributed by atoms with Crippen molar-refractivity contribution in [1.29, 1.82) is 5.26 Å². The van der Waals surface area contributed by atoms with Crippen LogP contribution in [-0.2, 0) is 4.74 Å². The summed E-state index contributed by atoms with van der Waals surface area (Å²) in [5.74, 6) is 0.969. The second-order valence-electron chi connectivity index (χ2n) is 11.8. The Hall–Kier alpha value is -2.94. The standard InChI is InChI=1S/C35H51N3O3/c1-3-5-7-9-10-11-13-15-25-40-32-26-37-33(38-27-32)29-16-18-30(19-17-29)34(39)41-31-20-23-35(28-36,24-21-31)22-14-12-8-6-4-2/h16-19,26-27,31H,3-15,20-25H2,1-2H3. The summed E-state index contributed by atoms with van der Waals surface area (Å²) in [5, 5.41) is 9.85. The average Bonchev–Trinajstić information content (AvgIpc) is 3.01. The molecule has 3 rings (SSSR count). The van der Waals surface area contributed by atoms with E-state index in [0.29, 0.717) is 23.7 Å². The molecule has 2 aromatic rings. The minimum atomic E-state index is -0.309. The number of hydrogen-bond acceptors (Lipinski definition) is 6. The number of ether oxygens (including phenoxy) is 2. The summed E-state index contributed by atoms with van der Waals surface area (Å²) in [7, 11) is 0. The Kier molecular flexibility index (Phi) is 14.7. The van der Waals surface area contributed by atoms with Crippen LogP contribution in [0.25, 0.3) is 11.4 Å². The number of esters is 1. The number of carbonyl (C=O) groups is 1. The molecule has 0 unspecified atom stereocenters. The Morgan fingerprint density at radius 1 is 0.854 bits per heavy atom. The van der Waals surface area contributed by atoms with E-state index in [0.717, 1.165) is 50.5 Å². The monoisotopic (exact) mass is 561 g/mol. The number of unbranched alkanes of at least 4 members (excludes halogenated alkanes) is 11. The van der Waals surface area contributed by atoms with E-state index >= 15 is 0 Å². The van der Waals surface area contributed by atoms with Crippen molar-refractivity contribution >= 4 is 5.97 Å². The first kappa shape index (κ1) is 32.6. The molecule has 224 valence electrons. The fraction of sp³-hybridized carbons (Fsp3) is 0.657. The summed E-state index contributed by atoms with van der Waals surface area (Å²) in [5.41, 5.74) is 1.11. The summed E-state index contributed by atoms with van der Waals surface area (Å²) in [6, 6.07) is 9.85. The normalized spacial score (nSPS) is 18.5. The van der Waals surface area contributed by atoms with Crippen molar-refractivity contribution in [1.82, 2.24) is 9.97 Å². The van der Waals surface area contributed by atoms with Gasteiger partial charge in [0, 0.05) is 5.56 Å². The van der Waals surface area contributed by atoms with Crippen LogP contribution in [0, 0.1) is 16.7 Å². The average molecular weight is 562 g/mol. The van der Waals surface area contributed by atoms with Crippen molar-refractivity contribution in [3.63, 3.8) is 0 Å². The Labute approximate surface area is 248 Å². The molecule has 6 heteroatoms. The molecule has 1 heterocycles. The van der Waals surface area contributed by atoms with E-state index in [-0.39, 0.29) is 17.5 Å². The van der Waals surface area contributed by atoms with E-state index in [2.05, 4.69) is 29.9 Å². The lowest BCUT2D eigenvalue weighted by Gasteiger charge is -2.34. The van der Waals surface area contributed by atoms with Gasteiger partial charge in [0.2, 0.25) is 0 Å². The third-order valence-electron chi connectivity index (χ3n) is 8.43. The van der Waals surface area contributed by atoms with Gasteiger partial charge in [-0.2, -0.15) is 5.26 Å². The largest absolute Gasteiger partial charge is 0.490 e. The molecule has 1 aromatic carbocycles. The van der Waals surface area contributed by atoms with Crippen LogP contribution in [0.2, 0.25) is 0 Å². The highest BCUT2D eigenvalue weighted by molar-refractivity contribution is 5.90. The number of nitrogens with zero attached hydrogens (tertiary/aromatic N) is 3. The van der Waals surface area contributed by atoms with E-state index in [1.54, 1.807) is 24.5 Å². The van der Waals surface area contributed by atoms with Gasteiger partial charge in [-0.1, -0.05) is 103 Å². The molecule has 0 aliphatic heterocycles. The highest BCUT2D eigenvalue weighted by Crippen LogP contribution is 2.41. The number of aromatic nitrogens is 2. The molecule has 1 aromatic heterocycles. The zero-order valence-electron chi connectivity index (χ0n) is 25.5. The van der Waals surface area contributed by atoms with E-state index in [1.165, 1.54) is 70.6 Å². The van der Waals surface area contributed by atoms with Gasteiger partial charge in [-0.05, 0) is 50.7 Å². The van der Waals surface area contributed by atoms with Crippen molar-refractivity contribution in [3.05, 3.63) is 42.2 Å². The quantitative estimate of drug-likeness (QED) is 0.125. The molecule has 0 radical (unpaired) electrons. The van der Waals surface area contributed by atoms with Crippen LogP contribution >= 0.6 is 0 Å². The predicted octanol–water partition coefficient (Wildman–Crippen LogP) is 9.63. The first-order valence-electron chi connectivity index (χ1n) is 16.3. The second kappa shape index (κ2) is 18.5. The highest BCUT2D eigenvalue weighted by Gasteiger charge is 2.36. The second-order valence-corrected chi connectivity index (χ2v) is 11.8. The summed E-state index contributed by atoms with van der Waals surface area (Å²) in [6.45, 7) is 5.15. The smallest absolute Gasteiger partial charge is 0.338 e. The van der Waals surface area contributed by atoms with Crippen LogP contribution in [0.4, 0.5) is 0 Å². The Morgan fingerprint density at radius 3 is 2.00 bits per heavy atom. The van der Waals surface area contributed by atoms with Crippen molar-refractivity contribution < 1.29 is 14.3 Å². The fourth-order valence-electron chi connectivity index (χ4n) is 5.69. The molecular formula is C35H51N3O3. The predicted molar refractivity (Wildman–Crippen MR) is 165 cm³/mol.